The van der Waals surface area contributed by atoms with E-state index in [-0.39, 0.29) is 29.0 Å². The van der Waals surface area contributed by atoms with Crippen LogP contribution in [0.4, 0.5) is 0 Å². The Morgan fingerprint density at radius 2 is 1.62 bits per heavy atom. The number of carbonyl (C=O) groups excluding carboxylic acids is 1. The molecule has 0 heterocycles. The van der Waals surface area contributed by atoms with Crippen LogP contribution in [0.15, 0.2) is 35.4 Å². The highest BCUT2D eigenvalue weighted by Crippen LogP contribution is 2.23. The lowest BCUT2D eigenvalue weighted by Crippen LogP contribution is -2.33. The van der Waals surface area contributed by atoms with Crippen LogP contribution in [-0.2, 0) is 9.59 Å². The zero-order valence-electron chi connectivity index (χ0n) is 12.6. The van der Waals surface area contributed by atoms with E-state index in [9.17, 15) is 9.59 Å². The summed E-state index contributed by atoms with van der Waals surface area (Å²) < 4.78 is 0. The van der Waals surface area contributed by atoms with Gasteiger partial charge >= 0.3 is 5.97 Å². The average Bonchev–Trinajstić information content (AvgIpc) is 2.43. The minimum atomic E-state index is -1.09. The molecular weight excluding hydrogens is 290 g/mol. The summed E-state index contributed by atoms with van der Waals surface area (Å²) in [5, 5.41) is 12.5. The van der Waals surface area contributed by atoms with E-state index in [2.05, 4.69) is 5.32 Å². The van der Waals surface area contributed by atoms with E-state index in [1.165, 1.54) is 13.8 Å². The van der Waals surface area contributed by atoms with Gasteiger partial charge in [0.1, 0.15) is 0 Å². The number of halogens is 1. The first-order valence-electron chi connectivity index (χ1n) is 6.71. The molecule has 0 spiro atoms. The molecule has 21 heavy (non-hydrogen) atoms. The minimum absolute atomic E-state index is 0.0473. The van der Waals surface area contributed by atoms with Crippen LogP contribution < -0.4 is 5.32 Å². The molecule has 0 radical (unpaired) electrons. The van der Waals surface area contributed by atoms with Crippen molar-refractivity contribution in [2.24, 2.45) is 5.92 Å². The largest absolute Gasteiger partial charge is 0.478 e. The summed E-state index contributed by atoms with van der Waals surface area (Å²) in [4.78, 5) is 23.1. The van der Waals surface area contributed by atoms with Gasteiger partial charge in [-0.05, 0) is 37.5 Å². The first-order chi connectivity index (χ1) is 9.73. The van der Waals surface area contributed by atoms with Crippen LogP contribution in [0, 0.1) is 5.92 Å². The molecule has 1 rings (SSSR count). The van der Waals surface area contributed by atoms with Crippen molar-refractivity contribution in [3.8, 4) is 0 Å². The second-order valence-corrected chi connectivity index (χ2v) is 5.74. The third-order valence-electron chi connectivity index (χ3n) is 3.41. The smallest absolute Gasteiger partial charge is 0.331 e. The molecule has 0 saturated heterocycles. The maximum atomic E-state index is 12.2. The Hall–Kier alpha value is -1.81. The zero-order valence-corrected chi connectivity index (χ0v) is 13.4. The predicted molar refractivity (Wildman–Crippen MR) is 83.2 cm³/mol. The van der Waals surface area contributed by atoms with Gasteiger partial charge in [-0.1, -0.05) is 37.6 Å². The highest BCUT2D eigenvalue weighted by molar-refractivity contribution is 6.30. The normalized spacial score (nSPS) is 13.6. The Labute approximate surface area is 129 Å². The van der Waals surface area contributed by atoms with Gasteiger partial charge in [-0.25, -0.2) is 4.79 Å². The summed E-state index contributed by atoms with van der Waals surface area (Å²) in [5.41, 5.74) is 1.19. The van der Waals surface area contributed by atoms with Crippen LogP contribution in [-0.4, -0.2) is 17.0 Å². The third-order valence-corrected chi connectivity index (χ3v) is 3.66. The second-order valence-electron chi connectivity index (χ2n) is 5.30. The fourth-order valence-corrected chi connectivity index (χ4v) is 2.01. The first kappa shape index (κ1) is 17.2. The van der Waals surface area contributed by atoms with E-state index >= 15 is 0 Å². The van der Waals surface area contributed by atoms with E-state index in [0.29, 0.717) is 5.02 Å². The van der Waals surface area contributed by atoms with Crippen molar-refractivity contribution in [1.82, 2.24) is 5.32 Å². The van der Waals surface area contributed by atoms with Crippen LogP contribution in [0.25, 0.3) is 0 Å². The van der Waals surface area contributed by atoms with Gasteiger partial charge in [0.25, 0.3) is 0 Å². The first-order valence-corrected chi connectivity index (χ1v) is 7.09. The highest BCUT2D eigenvalue weighted by atomic mass is 35.5. The number of aliphatic carboxylic acids is 1. The van der Waals surface area contributed by atoms with Crippen LogP contribution in [0.1, 0.15) is 39.3 Å². The fraction of sp³-hybridized carbons (Fsp3) is 0.375. The molecule has 0 aromatic heterocycles. The molecule has 0 aliphatic heterocycles. The average molecular weight is 310 g/mol. The number of carboxylic acids is 1. The van der Waals surface area contributed by atoms with Crippen molar-refractivity contribution in [2.75, 3.05) is 0 Å². The molecule has 1 unspecified atom stereocenters. The van der Waals surface area contributed by atoms with Crippen LogP contribution in [0.2, 0.25) is 5.02 Å². The molecule has 1 aromatic rings. The van der Waals surface area contributed by atoms with Gasteiger partial charge in [-0.3, -0.25) is 4.79 Å². The number of benzene rings is 1. The molecule has 0 bridgehead atoms. The molecule has 5 heteroatoms. The summed E-state index contributed by atoms with van der Waals surface area (Å²) in [7, 11) is 0. The van der Waals surface area contributed by atoms with Gasteiger partial charge in [0.05, 0.1) is 6.04 Å². The monoisotopic (exact) mass is 309 g/mol. The zero-order chi connectivity index (χ0) is 16.2. The quantitative estimate of drug-likeness (QED) is 0.817. The number of hydrogen-bond acceptors (Lipinski definition) is 2. The van der Waals surface area contributed by atoms with Crippen LogP contribution >= 0.6 is 11.6 Å². The number of nitrogens with one attached hydrogen (secondary N) is 1. The Kier molecular flexibility index (Phi) is 5.97. The van der Waals surface area contributed by atoms with Crippen molar-refractivity contribution in [3.63, 3.8) is 0 Å². The summed E-state index contributed by atoms with van der Waals surface area (Å²) in [6.45, 7) is 6.91. The van der Waals surface area contributed by atoms with Gasteiger partial charge in [-0.15, -0.1) is 0 Å². The summed E-state index contributed by atoms with van der Waals surface area (Å²) in [6, 6.07) is 7.05. The van der Waals surface area contributed by atoms with Gasteiger partial charge in [-0.2, -0.15) is 0 Å². The topological polar surface area (TPSA) is 66.4 Å². The number of amides is 1. The van der Waals surface area contributed by atoms with Gasteiger partial charge < -0.3 is 10.4 Å². The van der Waals surface area contributed by atoms with E-state index in [1.807, 2.05) is 26.0 Å². The van der Waals surface area contributed by atoms with Crippen LogP contribution in [0.3, 0.4) is 0 Å². The lowest BCUT2D eigenvalue weighted by Gasteiger charge is -2.23. The molecule has 1 atom stereocenters. The number of rotatable bonds is 5. The molecule has 0 fully saturated rings. The Morgan fingerprint density at radius 3 is 2.05 bits per heavy atom. The molecule has 4 nitrogen and oxygen atoms in total. The van der Waals surface area contributed by atoms with Crippen molar-refractivity contribution < 1.29 is 14.7 Å². The summed E-state index contributed by atoms with van der Waals surface area (Å²) in [6.07, 6.45) is 0. The number of carboxylic acid groups (broad SMARTS) is 1. The minimum Gasteiger partial charge on any atom is -0.478 e. The number of carbonyl (C=O) groups is 2. The highest BCUT2D eigenvalue weighted by Gasteiger charge is 2.20. The lowest BCUT2D eigenvalue weighted by molar-refractivity contribution is -0.133. The maximum Gasteiger partial charge on any atom is 0.331 e. The fourth-order valence-electron chi connectivity index (χ4n) is 1.89. The molecule has 0 aliphatic carbocycles. The third kappa shape index (κ3) is 4.60. The second kappa shape index (κ2) is 7.27. The maximum absolute atomic E-state index is 12.2. The molecule has 2 N–H and O–H groups in total. The summed E-state index contributed by atoms with van der Waals surface area (Å²) in [5.74, 6) is -1.30. The van der Waals surface area contributed by atoms with E-state index in [4.69, 9.17) is 16.7 Å². The van der Waals surface area contributed by atoms with E-state index < -0.39 is 5.97 Å². The van der Waals surface area contributed by atoms with Crippen molar-refractivity contribution in [1.29, 1.82) is 0 Å². The number of hydrogen-bond donors (Lipinski definition) is 2. The SMILES string of the molecule is CC(C(=O)O)=C(C)C(=O)NC(c1ccc(Cl)cc1)C(C)C. The lowest BCUT2D eigenvalue weighted by atomic mass is 9.95. The predicted octanol–water partition coefficient (Wildman–Crippen LogP) is 3.57. The molecule has 1 amide bonds. The molecule has 1 aromatic carbocycles. The Balaban J connectivity index is 3.00. The van der Waals surface area contributed by atoms with Crippen LogP contribution in [0.5, 0.6) is 0 Å². The van der Waals surface area contributed by atoms with Gasteiger partial charge in [0.2, 0.25) is 5.91 Å². The van der Waals surface area contributed by atoms with Gasteiger partial charge in [0, 0.05) is 16.2 Å². The molecule has 0 saturated carbocycles. The molecule has 0 aliphatic rings. The summed E-state index contributed by atoms with van der Waals surface area (Å²) >= 11 is 5.87. The van der Waals surface area contributed by atoms with E-state index in [0.717, 1.165) is 5.56 Å². The standard InChI is InChI=1S/C16H20ClNO3/c1-9(2)14(12-5-7-13(17)8-6-12)18-15(19)10(3)11(4)16(20)21/h5-9,14H,1-4H3,(H,18,19)(H,20,21). The molecule has 114 valence electrons. The van der Waals surface area contributed by atoms with Crippen molar-refractivity contribution in [2.45, 2.75) is 33.7 Å². The van der Waals surface area contributed by atoms with Crippen molar-refractivity contribution in [3.05, 3.63) is 46.0 Å². The Bertz CT molecular complexity index is 561. The Morgan fingerprint density at radius 1 is 1.10 bits per heavy atom. The molecular formula is C16H20ClNO3. The van der Waals surface area contributed by atoms with Gasteiger partial charge in [0.15, 0.2) is 0 Å². The van der Waals surface area contributed by atoms with Crippen molar-refractivity contribution >= 4 is 23.5 Å². The van der Waals surface area contributed by atoms with E-state index in [1.54, 1.807) is 12.1 Å².